The van der Waals surface area contributed by atoms with Crippen LogP contribution in [0.4, 0.5) is 0 Å². The Kier molecular flexibility index (Phi) is 5.42. The predicted octanol–water partition coefficient (Wildman–Crippen LogP) is 4.20. The molecule has 0 saturated heterocycles. The van der Waals surface area contributed by atoms with E-state index in [-0.39, 0.29) is 17.4 Å². The quantitative estimate of drug-likeness (QED) is 0.883. The number of benzene rings is 1. The SMILES string of the molecule is CC(C)C(C)(C#N)NC(=O)c1cccnc1Oc1ccc(Cl)cc1. The van der Waals surface area contributed by atoms with Crippen molar-refractivity contribution in [1.29, 1.82) is 5.26 Å². The van der Waals surface area contributed by atoms with Crippen LogP contribution in [0.15, 0.2) is 42.6 Å². The van der Waals surface area contributed by atoms with Gasteiger partial charge in [-0.3, -0.25) is 4.79 Å². The molecule has 24 heavy (non-hydrogen) atoms. The summed E-state index contributed by atoms with van der Waals surface area (Å²) in [6.45, 7) is 5.43. The van der Waals surface area contributed by atoms with Gasteiger partial charge in [0, 0.05) is 11.2 Å². The van der Waals surface area contributed by atoms with Crippen LogP contribution in [0.5, 0.6) is 11.6 Å². The first-order chi connectivity index (χ1) is 11.4. The Morgan fingerprint density at radius 3 is 2.58 bits per heavy atom. The molecular weight excluding hydrogens is 326 g/mol. The van der Waals surface area contributed by atoms with Gasteiger partial charge in [-0.1, -0.05) is 25.4 Å². The summed E-state index contributed by atoms with van der Waals surface area (Å²) >= 11 is 5.85. The van der Waals surface area contributed by atoms with Crippen molar-refractivity contribution in [2.24, 2.45) is 5.92 Å². The second kappa shape index (κ2) is 7.33. The van der Waals surface area contributed by atoms with Crippen molar-refractivity contribution in [3.05, 3.63) is 53.2 Å². The van der Waals surface area contributed by atoms with Crippen molar-refractivity contribution >= 4 is 17.5 Å². The molecule has 0 aliphatic heterocycles. The highest BCUT2D eigenvalue weighted by molar-refractivity contribution is 6.30. The molecule has 0 radical (unpaired) electrons. The van der Waals surface area contributed by atoms with E-state index in [2.05, 4.69) is 16.4 Å². The van der Waals surface area contributed by atoms with E-state index in [1.54, 1.807) is 43.3 Å². The lowest BCUT2D eigenvalue weighted by atomic mass is 9.90. The molecule has 0 aliphatic carbocycles. The molecule has 124 valence electrons. The molecule has 1 heterocycles. The first-order valence-electron chi connectivity index (χ1n) is 7.48. The Morgan fingerprint density at radius 1 is 1.33 bits per heavy atom. The Morgan fingerprint density at radius 2 is 2.00 bits per heavy atom. The maximum atomic E-state index is 12.6. The molecule has 0 aliphatic rings. The fourth-order valence-electron chi connectivity index (χ4n) is 1.86. The van der Waals surface area contributed by atoms with Crippen molar-refractivity contribution in [3.63, 3.8) is 0 Å². The fourth-order valence-corrected chi connectivity index (χ4v) is 1.99. The first kappa shape index (κ1) is 17.8. The molecule has 1 N–H and O–H groups in total. The van der Waals surface area contributed by atoms with Crippen molar-refractivity contribution < 1.29 is 9.53 Å². The third-order valence-corrected chi connectivity index (χ3v) is 4.06. The highest BCUT2D eigenvalue weighted by Crippen LogP contribution is 2.25. The molecule has 6 heteroatoms. The average molecular weight is 344 g/mol. The zero-order valence-electron chi connectivity index (χ0n) is 13.7. The lowest BCUT2D eigenvalue weighted by molar-refractivity contribution is 0.0905. The summed E-state index contributed by atoms with van der Waals surface area (Å²) in [6.07, 6.45) is 1.54. The number of halogens is 1. The highest BCUT2D eigenvalue weighted by atomic mass is 35.5. The molecule has 5 nitrogen and oxygen atoms in total. The highest BCUT2D eigenvalue weighted by Gasteiger charge is 2.31. The molecule has 1 atom stereocenters. The summed E-state index contributed by atoms with van der Waals surface area (Å²) < 4.78 is 5.68. The van der Waals surface area contributed by atoms with Crippen LogP contribution in [0, 0.1) is 17.2 Å². The van der Waals surface area contributed by atoms with Crippen molar-refractivity contribution in [1.82, 2.24) is 10.3 Å². The van der Waals surface area contributed by atoms with Gasteiger partial charge in [0.15, 0.2) is 0 Å². The van der Waals surface area contributed by atoms with Crippen molar-refractivity contribution in [2.75, 3.05) is 0 Å². The summed E-state index contributed by atoms with van der Waals surface area (Å²) in [5.74, 6) is 0.217. The number of amides is 1. The molecule has 1 aromatic carbocycles. The van der Waals surface area contributed by atoms with E-state index in [1.165, 1.54) is 6.20 Å². The van der Waals surface area contributed by atoms with Gasteiger partial charge in [0.2, 0.25) is 5.88 Å². The Bertz CT molecular complexity index is 769. The zero-order valence-corrected chi connectivity index (χ0v) is 14.5. The number of nitrogens with one attached hydrogen (secondary N) is 1. The van der Waals surface area contributed by atoms with Crippen LogP contribution in [0.25, 0.3) is 0 Å². The summed E-state index contributed by atoms with van der Waals surface area (Å²) in [6, 6.07) is 12.1. The number of carbonyl (C=O) groups excluding carboxylic acids is 1. The summed E-state index contributed by atoms with van der Waals surface area (Å²) in [4.78, 5) is 16.7. The monoisotopic (exact) mass is 343 g/mol. The molecule has 2 aromatic rings. The van der Waals surface area contributed by atoms with Crippen molar-refractivity contribution in [2.45, 2.75) is 26.3 Å². The molecule has 0 spiro atoms. The molecular formula is C18H18ClN3O2. The van der Waals surface area contributed by atoms with E-state index >= 15 is 0 Å². The molecule has 1 amide bonds. The Balaban J connectivity index is 2.27. The molecule has 0 fully saturated rings. The van der Waals surface area contributed by atoms with Gasteiger partial charge in [-0.2, -0.15) is 5.26 Å². The lowest BCUT2D eigenvalue weighted by Crippen LogP contribution is -2.48. The number of aromatic nitrogens is 1. The maximum Gasteiger partial charge on any atom is 0.258 e. The van der Waals surface area contributed by atoms with Crippen LogP contribution in [0.1, 0.15) is 31.1 Å². The minimum Gasteiger partial charge on any atom is -0.438 e. The van der Waals surface area contributed by atoms with E-state index in [0.29, 0.717) is 10.8 Å². The normalized spacial score (nSPS) is 13.0. The zero-order chi connectivity index (χ0) is 17.7. The lowest BCUT2D eigenvalue weighted by Gasteiger charge is -2.27. The van der Waals surface area contributed by atoms with Crippen LogP contribution in [-0.2, 0) is 0 Å². The smallest absolute Gasteiger partial charge is 0.258 e. The predicted molar refractivity (Wildman–Crippen MR) is 92.1 cm³/mol. The Labute approximate surface area is 146 Å². The number of nitrogens with zero attached hydrogens (tertiary/aromatic N) is 2. The van der Waals surface area contributed by atoms with Gasteiger partial charge in [-0.15, -0.1) is 0 Å². The number of nitriles is 1. The van der Waals surface area contributed by atoms with Crippen LogP contribution in [0.3, 0.4) is 0 Å². The summed E-state index contributed by atoms with van der Waals surface area (Å²) in [5.41, 5.74) is -0.723. The van der Waals surface area contributed by atoms with Gasteiger partial charge in [0.25, 0.3) is 5.91 Å². The third-order valence-electron chi connectivity index (χ3n) is 3.80. The van der Waals surface area contributed by atoms with Gasteiger partial charge in [-0.05, 0) is 49.2 Å². The molecule has 0 saturated carbocycles. The van der Waals surface area contributed by atoms with E-state index in [1.807, 2.05) is 13.8 Å². The number of rotatable bonds is 5. The fraction of sp³-hybridized carbons (Fsp3) is 0.278. The standard InChI is InChI=1S/C18H18ClN3O2/c1-12(2)18(3,11-20)22-16(23)15-5-4-10-21-17(15)24-14-8-6-13(19)7-9-14/h4-10,12H,1-3H3,(H,22,23). The molecule has 1 unspecified atom stereocenters. The first-order valence-corrected chi connectivity index (χ1v) is 7.85. The third kappa shape index (κ3) is 4.03. The number of pyridine rings is 1. The van der Waals surface area contributed by atoms with E-state index in [4.69, 9.17) is 16.3 Å². The topological polar surface area (TPSA) is 75.0 Å². The molecule has 2 rings (SSSR count). The molecule has 0 bridgehead atoms. The number of ether oxygens (including phenoxy) is 1. The molecule has 1 aromatic heterocycles. The second-order valence-corrected chi connectivity index (χ2v) is 6.27. The minimum absolute atomic E-state index is 0.0521. The van der Waals surface area contributed by atoms with E-state index in [9.17, 15) is 10.1 Å². The van der Waals surface area contributed by atoms with Crippen LogP contribution >= 0.6 is 11.6 Å². The maximum absolute atomic E-state index is 12.6. The number of carbonyl (C=O) groups is 1. The van der Waals surface area contributed by atoms with E-state index in [0.717, 1.165) is 0 Å². The van der Waals surface area contributed by atoms with Crippen LogP contribution < -0.4 is 10.1 Å². The largest absolute Gasteiger partial charge is 0.438 e. The number of hydrogen-bond donors (Lipinski definition) is 1. The summed E-state index contributed by atoms with van der Waals surface area (Å²) in [7, 11) is 0. The van der Waals surface area contributed by atoms with Gasteiger partial charge in [-0.25, -0.2) is 4.98 Å². The number of hydrogen-bond acceptors (Lipinski definition) is 4. The van der Waals surface area contributed by atoms with Crippen molar-refractivity contribution in [3.8, 4) is 17.7 Å². The average Bonchev–Trinajstić information content (AvgIpc) is 2.57. The van der Waals surface area contributed by atoms with Gasteiger partial charge in [0.05, 0.1) is 6.07 Å². The summed E-state index contributed by atoms with van der Waals surface area (Å²) in [5, 5.41) is 12.7. The van der Waals surface area contributed by atoms with E-state index < -0.39 is 11.4 Å². The van der Waals surface area contributed by atoms with Crippen LogP contribution in [0.2, 0.25) is 5.02 Å². The Hall–Kier alpha value is -2.58. The van der Waals surface area contributed by atoms with Gasteiger partial charge >= 0.3 is 0 Å². The second-order valence-electron chi connectivity index (χ2n) is 5.84. The van der Waals surface area contributed by atoms with Gasteiger partial charge in [0.1, 0.15) is 16.9 Å². The van der Waals surface area contributed by atoms with Crippen LogP contribution in [-0.4, -0.2) is 16.4 Å². The minimum atomic E-state index is -0.982. The van der Waals surface area contributed by atoms with Gasteiger partial charge < -0.3 is 10.1 Å².